The van der Waals surface area contributed by atoms with Crippen LogP contribution in [0.2, 0.25) is 0 Å². The summed E-state index contributed by atoms with van der Waals surface area (Å²) in [6.07, 6.45) is 3.30. The van der Waals surface area contributed by atoms with Crippen LogP contribution in [-0.2, 0) is 0 Å². The molecule has 0 fully saturated rings. The van der Waals surface area contributed by atoms with Crippen LogP contribution in [0.3, 0.4) is 0 Å². The van der Waals surface area contributed by atoms with E-state index in [9.17, 15) is 0 Å². The Labute approximate surface area is 71.1 Å². The molecule has 2 heterocycles. The van der Waals surface area contributed by atoms with E-state index in [1.807, 2.05) is 20.8 Å². The minimum absolute atomic E-state index is 0.868. The number of nitrogens with one attached hydrogen (secondary N) is 1. The second kappa shape index (κ2) is 3.80. The van der Waals surface area contributed by atoms with Gasteiger partial charge in [0, 0.05) is 0 Å². The smallest absolute Gasteiger partial charge is 0.110 e. The zero-order valence-electron chi connectivity index (χ0n) is 7.50. The molecule has 0 unspecified atom stereocenters. The third-order valence-electron chi connectivity index (χ3n) is 1.31. The zero-order chi connectivity index (χ0) is 8.97. The Kier molecular flexibility index (Phi) is 2.74. The maximum Gasteiger partial charge on any atom is 0.110 e. The van der Waals surface area contributed by atoms with E-state index in [0.29, 0.717) is 0 Å². The number of rotatable bonds is 0. The highest BCUT2D eigenvalue weighted by Gasteiger charge is 1.95. The highest BCUT2D eigenvalue weighted by atomic mass is 15.1. The quantitative estimate of drug-likeness (QED) is 0.644. The maximum atomic E-state index is 4.16. The average molecular weight is 164 g/mol. The van der Waals surface area contributed by atoms with Crippen LogP contribution < -0.4 is 0 Å². The maximum absolute atomic E-state index is 4.16. The molecule has 0 bridgehead atoms. The molecule has 4 nitrogen and oxygen atoms in total. The number of hydrogen-bond donors (Lipinski definition) is 1. The van der Waals surface area contributed by atoms with E-state index in [1.165, 1.54) is 0 Å². The first kappa shape index (κ1) is 8.64. The van der Waals surface area contributed by atoms with Crippen molar-refractivity contribution in [3.05, 3.63) is 18.2 Å². The molecule has 2 rings (SSSR count). The highest BCUT2D eigenvalue weighted by molar-refractivity contribution is 5.72. The normalized spacial score (nSPS) is 9.25. The van der Waals surface area contributed by atoms with Crippen LogP contribution in [0.5, 0.6) is 0 Å². The van der Waals surface area contributed by atoms with E-state index in [4.69, 9.17) is 0 Å². The molecule has 1 N–H and O–H groups in total. The van der Waals surface area contributed by atoms with E-state index in [2.05, 4.69) is 20.2 Å². The lowest BCUT2D eigenvalue weighted by molar-refractivity contribution is 1.05. The van der Waals surface area contributed by atoms with Crippen LogP contribution in [0.4, 0.5) is 0 Å². The van der Waals surface area contributed by atoms with Gasteiger partial charge in [-0.1, -0.05) is 13.8 Å². The first-order chi connectivity index (χ1) is 5.86. The van der Waals surface area contributed by atoms with Gasteiger partial charge in [-0.15, -0.1) is 0 Å². The van der Waals surface area contributed by atoms with Crippen molar-refractivity contribution >= 4 is 11.0 Å². The lowest BCUT2D eigenvalue weighted by Crippen LogP contribution is -1.76. The Morgan fingerprint density at radius 1 is 1.17 bits per heavy atom. The van der Waals surface area contributed by atoms with Crippen molar-refractivity contribution in [2.45, 2.75) is 20.8 Å². The molecule has 0 aliphatic rings. The first-order valence-corrected chi connectivity index (χ1v) is 3.99. The Hall–Kier alpha value is -1.45. The lowest BCUT2D eigenvalue weighted by atomic mass is 10.5. The summed E-state index contributed by atoms with van der Waals surface area (Å²) >= 11 is 0. The topological polar surface area (TPSA) is 54.5 Å². The van der Waals surface area contributed by atoms with Crippen LogP contribution in [0.1, 0.15) is 19.7 Å². The number of hydrogen-bond acceptors (Lipinski definition) is 3. The van der Waals surface area contributed by atoms with Crippen LogP contribution in [0, 0.1) is 6.92 Å². The van der Waals surface area contributed by atoms with Gasteiger partial charge in [0.1, 0.15) is 11.3 Å². The van der Waals surface area contributed by atoms with Crippen molar-refractivity contribution in [2.24, 2.45) is 0 Å². The molecule has 0 saturated heterocycles. The van der Waals surface area contributed by atoms with Gasteiger partial charge in [0.05, 0.1) is 17.9 Å². The number of aromatic nitrogens is 4. The summed E-state index contributed by atoms with van der Waals surface area (Å²) in [5.41, 5.74) is 1.81. The van der Waals surface area contributed by atoms with Gasteiger partial charge in [-0.3, -0.25) is 0 Å². The minimum atomic E-state index is 0.868. The van der Waals surface area contributed by atoms with Crippen LogP contribution in [0.15, 0.2) is 12.4 Å². The molecule has 0 amide bonds. The van der Waals surface area contributed by atoms with Gasteiger partial charge in [0.15, 0.2) is 0 Å². The van der Waals surface area contributed by atoms with Crippen molar-refractivity contribution in [3.63, 3.8) is 0 Å². The van der Waals surface area contributed by atoms with Gasteiger partial charge in [-0.25, -0.2) is 4.98 Å². The summed E-state index contributed by atoms with van der Waals surface area (Å²) in [6.45, 7) is 5.90. The van der Waals surface area contributed by atoms with E-state index in [1.54, 1.807) is 12.4 Å². The number of H-pyrrole nitrogens is 1. The number of imidazole rings is 1. The molecule has 0 aromatic carbocycles. The van der Waals surface area contributed by atoms with Gasteiger partial charge in [0.2, 0.25) is 0 Å². The van der Waals surface area contributed by atoms with Crippen LogP contribution in [-0.4, -0.2) is 20.2 Å². The molecule has 0 spiro atoms. The van der Waals surface area contributed by atoms with Crippen LogP contribution in [0.25, 0.3) is 11.0 Å². The lowest BCUT2D eigenvalue weighted by Gasteiger charge is -1.79. The molecule has 0 atom stereocenters. The summed E-state index contributed by atoms with van der Waals surface area (Å²) in [5, 5.41) is 7.40. The number of nitrogens with zero attached hydrogens (tertiary/aromatic N) is 3. The summed E-state index contributed by atoms with van der Waals surface area (Å²) in [6, 6.07) is 0. The summed E-state index contributed by atoms with van der Waals surface area (Å²) in [7, 11) is 0. The predicted molar refractivity (Wildman–Crippen MR) is 47.8 cm³/mol. The van der Waals surface area contributed by atoms with Gasteiger partial charge in [-0.05, 0) is 6.92 Å². The molecule has 2 aromatic rings. The van der Waals surface area contributed by atoms with Gasteiger partial charge < -0.3 is 4.98 Å². The largest absolute Gasteiger partial charge is 0.341 e. The second-order valence-electron chi connectivity index (χ2n) is 2.11. The molecule has 64 valence electrons. The van der Waals surface area contributed by atoms with Gasteiger partial charge in [-0.2, -0.15) is 10.2 Å². The Bertz CT molecular complexity index is 320. The highest BCUT2D eigenvalue weighted by Crippen LogP contribution is 2.05. The van der Waals surface area contributed by atoms with E-state index in [0.717, 1.165) is 16.9 Å². The van der Waals surface area contributed by atoms with E-state index >= 15 is 0 Å². The Balaban J connectivity index is 0.000000336. The zero-order valence-corrected chi connectivity index (χ0v) is 7.50. The molecule has 0 aliphatic heterocycles. The number of aromatic amines is 1. The van der Waals surface area contributed by atoms with E-state index in [-0.39, 0.29) is 0 Å². The molecular weight excluding hydrogens is 152 g/mol. The fourth-order valence-electron chi connectivity index (χ4n) is 0.904. The van der Waals surface area contributed by atoms with Crippen molar-refractivity contribution in [1.29, 1.82) is 0 Å². The van der Waals surface area contributed by atoms with Crippen molar-refractivity contribution in [1.82, 2.24) is 20.2 Å². The first-order valence-electron chi connectivity index (χ1n) is 3.99. The fourth-order valence-corrected chi connectivity index (χ4v) is 0.904. The summed E-state index contributed by atoms with van der Waals surface area (Å²) in [5.74, 6) is 0.893. The second-order valence-corrected chi connectivity index (χ2v) is 2.11. The number of aryl methyl sites for hydroxylation is 1. The number of fused-ring (bicyclic) bond motifs is 1. The SMILES string of the molecule is CC.Cc1nc2cnncc2[nH]1. The molecule has 12 heavy (non-hydrogen) atoms. The summed E-state index contributed by atoms with van der Waals surface area (Å²) < 4.78 is 0. The predicted octanol–water partition coefficient (Wildman–Crippen LogP) is 1.69. The molecule has 4 heteroatoms. The minimum Gasteiger partial charge on any atom is -0.341 e. The molecule has 2 aromatic heterocycles. The third kappa shape index (κ3) is 1.58. The molecule has 0 radical (unpaired) electrons. The standard InChI is InChI=1S/C6H6N4.C2H6/c1-4-9-5-2-7-8-3-6(5)10-4;1-2/h2-3H,1H3,(H,9,10);1-2H3. The fraction of sp³-hybridized carbons (Fsp3) is 0.375. The molecule has 0 saturated carbocycles. The Morgan fingerprint density at radius 3 is 2.50 bits per heavy atom. The van der Waals surface area contributed by atoms with Gasteiger partial charge in [0.25, 0.3) is 0 Å². The van der Waals surface area contributed by atoms with Crippen molar-refractivity contribution in [3.8, 4) is 0 Å². The molecular formula is C8H12N4. The van der Waals surface area contributed by atoms with Crippen molar-refractivity contribution in [2.75, 3.05) is 0 Å². The molecule has 0 aliphatic carbocycles. The third-order valence-corrected chi connectivity index (χ3v) is 1.31. The van der Waals surface area contributed by atoms with Crippen molar-refractivity contribution < 1.29 is 0 Å². The van der Waals surface area contributed by atoms with Crippen LogP contribution >= 0.6 is 0 Å². The average Bonchev–Trinajstić information content (AvgIpc) is 2.48. The van der Waals surface area contributed by atoms with E-state index < -0.39 is 0 Å². The monoisotopic (exact) mass is 164 g/mol. The Morgan fingerprint density at radius 2 is 1.83 bits per heavy atom. The summed E-state index contributed by atoms with van der Waals surface area (Å²) in [4.78, 5) is 7.20. The van der Waals surface area contributed by atoms with Gasteiger partial charge >= 0.3 is 0 Å².